The standard InChI is InChI=1S/C22H28N6O3S/c1-13(2)31-20-5-4-15(8-16(20)9-23)21(24)32-22(25)28-14(3)18-10-27(17(11-29)12-30)7-6-19(18)26-28/h4-5,8,13,17,24-25,29-30H,6-7,10-12H2,1-3H3. The first-order chi connectivity index (χ1) is 15.3. The van der Waals surface area contributed by atoms with Crippen LogP contribution in [0.1, 0.15) is 41.9 Å². The number of nitriles is 1. The van der Waals surface area contributed by atoms with Gasteiger partial charge in [0.05, 0.1) is 36.6 Å². The molecule has 0 aliphatic carbocycles. The lowest BCUT2D eigenvalue weighted by atomic mass is 10.0. The van der Waals surface area contributed by atoms with Crippen LogP contribution in [-0.2, 0) is 13.0 Å². The van der Waals surface area contributed by atoms with E-state index in [0.29, 0.717) is 36.4 Å². The van der Waals surface area contributed by atoms with Gasteiger partial charge in [-0.25, -0.2) is 4.68 Å². The Morgan fingerprint density at radius 1 is 1.31 bits per heavy atom. The van der Waals surface area contributed by atoms with Gasteiger partial charge in [0.1, 0.15) is 16.9 Å². The second kappa shape index (κ2) is 10.3. The van der Waals surface area contributed by atoms with Crippen LogP contribution in [-0.4, -0.2) is 67.0 Å². The quantitative estimate of drug-likeness (QED) is 0.385. The Labute approximate surface area is 191 Å². The summed E-state index contributed by atoms with van der Waals surface area (Å²) in [6, 6.07) is 6.78. The van der Waals surface area contributed by atoms with Gasteiger partial charge < -0.3 is 14.9 Å². The lowest BCUT2D eigenvalue weighted by molar-refractivity contribution is 0.0648. The van der Waals surface area contributed by atoms with E-state index in [0.717, 1.165) is 28.7 Å². The molecule has 0 bridgehead atoms. The van der Waals surface area contributed by atoms with Gasteiger partial charge in [-0.3, -0.25) is 15.7 Å². The fraction of sp³-hybridized carbons (Fsp3) is 0.455. The molecule has 32 heavy (non-hydrogen) atoms. The van der Waals surface area contributed by atoms with Crippen LogP contribution in [0, 0.1) is 29.1 Å². The number of ether oxygens (including phenoxy) is 1. The molecule has 1 aromatic heterocycles. The van der Waals surface area contributed by atoms with E-state index in [2.05, 4.69) is 11.2 Å². The molecule has 9 nitrogen and oxygen atoms in total. The summed E-state index contributed by atoms with van der Waals surface area (Å²) in [6.07, 6.45) is 0.600. The molecule has 170 valence electrons. The number of rotatable bonds is 6. The zero-order valence-electron chi connectivity index (χ0n) is 18.4. The first-order valence-electron chi connectivity index (χ1n) is 10.4. The molecular formula is C22H28N6O3S. The van der Waals surface area contributed by atoms with Crippen molar-refractivity contribution < 1.29 is 14.9 Å². The number of nitrogens with zero attached hydrogens (tertiary/aromatic N) is 4. The van der Waals surface area contributed by atoms with Crippen LogP contribution in [0.3, 0.4) is 0 Å². The van der Waals surface area contributed by atoms with Crippen molar-refractivity contribution in [3.05, 3.63) is 46.3 Å². The minimum absolute atomic E-state index is 0.0651. The smallest absolute Gasteiger partial charge is 0.187 e. The number of benzene rings is 1. The highest BCUT2D eigenvalue weighted by molar-refractivity contribution is 8.26. The number of hydrogen-bond donors (Lipinski definition) is 4. The topological polar surface area (TPSA) is 142 Å². The zero-order chi connectivity index (χ0) is 23.4. The maximum absolute atomic E-state index is 9.48. The highest BCUT2D eigenvalue weighted by Gasteiger charge is 2.28. The first kappa shape index (κ1) is 23.9. The first-order valence-corrected chi connectivity index (χ1v) is 11.2. The van der Waals surface area contributed by atoms with Crippen molar-refractivity contribution >= 4 is 22.0 Å². The number of aliphatic hydroxyl groups excluding tert-OH is 2. The van der Waals surface area contributed by atoms with Crippen molar-refractivity contribution in [1.29, 1.82) is 16.1 Å². The molecule has 1 aliphatic heterocycles. The molecule has 10 heteroatoms. The van der Waals surface area contributed by atoms with E-state index in [4.69, 9.17) is 15.6 Å². The maximum atomic E-state index is 9.48. The van der Waals surface area contributed by atoms with E-state index < -0.39 is 0 Å². The summed E-state index contributed by atoms with van der Waals surface area (Å²) in [6.45, 7) is 6.63. The summed E-state index contributed by atoms with van der Waals surface area (Å²) < 4.78 is 7.16. The van der Waals surface area contributed by atoms with Crippen molar-refractivity contribution in [2.45, 2.75) is 45.9 Å². The predicted molar refractivity (Wildman–Crippen MR) is 124 cm³/mol. The molecule has 1 aliphatic rings. The lowest BCUT2D eigenvalue weighted by Crippen LogP contribution is -2.43. The Balaban J connectivity index is 1.76. The van der Waals surface area contributed by atoms with Gasteiger partial charge in [-0.2, -0.15) is 10.4 Å². The fourth-order valence-corrected chi connectivity index (χ4v) is 4.35. The molecule has 0 radical (unpaired) electrons. The molecule has 0 saturated carbocycles. The molecular weight excluding hydrogens is 428 g/mol. The van der Waals surface area contributed by atoms with Gasteiger partial charge in [-0.1, -0.05) is 0 Å². The summed E-state index contributed by atoms with van der Waals surface area (Å²) in [7, 11) is 0. The number of aromatic nitrogens is 2. The van der Waals surface area contributed by atoms with E-state index in [1.807, 2.05) is 25.7 Å². The van der Waals surface area contributed by atoms with Crippen LogP contribution >= 0.6 is 11.8 Å². The van der Waals surface area contributed by atoms with Gasteiger partial charge in [0.15, 0.2) is 5.17 Å². The van der Waals surface area contributed by atoms with Crippen LogP contribution in [0.25, 0.3) is 0 Å². The van der Waals surface area contributed by atoms with Crippen LogP contribution in [0.2, 0.25) is 0 Å². The highest BCUT2D eigenvalue weighted by Crippen LogP contribution is 2.27. The maximum Gasteiger partial charge on any atom is 0.187 e. The third kappa shape index (κ3) is 5.02. The van der Waals surface area contributed by atoms with Crippen molar-refractivity contribution in [3.8, 4) is 11.8 Å². The summed E-state index contributed by atoms with van der Waals surface area (Å²) in [5.41, 5.74) is 3.57. The van der Waals surface area contributed by atoms with Gasteiger partial charge >= 0.3 is 0 Å². The van der Waals surface area contributed by atoms with Gasteiger partial charge in [0.25, 0.3) is 0 Å². The molecule has 0 saturated heterocycles. The Hall–Kier alpha value is -2.71. The van der Waals surface area contributed by atoms with Crippen molar-refractivity contribution in [2.24, 2.45) is 0 Å². The number of hydrogen-bond acceptors (Lipinski definition) is 9. The molecule has 0 fully saturated rings. The largest absolute Gasteiger partial charge is 0.490 e. The summed E-state index contributed by atoms with van der Waals surface area (Å²) in [5, 5.41) is 50.1. The molecule has 3 rings (SSSR count). The minimum Gasteiger partial charge on any atom is -0.490 e. The van der Waals surface area contributed by atoms with Crippen LogP contribution in [0.4, 0.5) is 0 Å². The van der Waals surface area contributed by atoms with Gasteiger partial charge in [-0.15, -0.1) is 0 Å². The Morgan fingerprint density at radius 2 is 2.03 bits per heavy atom. The normalized spacial score (nSPS) is 13.8. The van der Waals surface area contributed by atoms with Crippen LogP contribution < -0.4 is 4.74 Å². The Kier molecular flexibility index (Phi) is 7.69. The van der Waals surface area contributed by atoms with E-state index in [-0.39, 0.29) is 35.6 Å². The number of aliphatic hydroxyl groups is 2. The molecule has 1 aromatic carbocycles. The van der Waals surface area contributed by atoms with E-state index >= 15 is 0 Å². The predicted octanol–water partition coefficient (Wildman–Crippen LogP) is 2.10. The molecule has 0 amide bonds. The van der Waals surface area contributed by atoms with E-state index in [9.17, 15) is 15.5 Å². The zero-order valence-corrected chi connectivity index (χ0v) is 19.2. The second-order valence-corrected chi connectivity index (χ2v) is 8.89. The highest BCUT2D eigenvalue weighted by atomic mass is 32.2. The van der Waals surface area contributed by atoms with Crippen LogP contribution in [0.5, 0.6) is 5.75 Å². The number of fused-ring (bicyclic) bond motifs is 1. The van der Waals surface area contributed by atoms with Gasteiger partial charge in [0, 0.05) is 36.3 Å². The second-order valence-electron chi connectivity index (χ2n) is 7.89. The molecule has 2 heterocycles. The average Bonchev–Trinajstić information content (AvgIpc) is 3.10. The van der Waals surface area contributed by atoms with Crippen molar-refractivity contribution in [3.63, 3.8) is 0 Å². The minimum atomic E-state index is -0.315. The average molecular weight is 457 g/mol. The molecule has 0 atom stereocenters. The van der Waals surface area contributed by atoms with Crippen molar-refractivity contribution in [2.75, 3.05) is 19.8 Å². The van der Waals surface area contributed by atoms with Gasteiger partial charge in [0.2, 0.25) is 0 Å². The molecule has 0 spiro atoms. The Morgan fingerprint density at radius 3 is 2.66 bits per heavy atom. The SMILES string of the molecule is Cc1c2c(nn1C(=N)SC(=N)c1ccc(OC(C)C)c(C#N)c1)CCN(C(CO)CO)C2. The van der Waals surface area contributed by atoms with E-state index in [1.165, 1.54) is 4.68 Å². The molecule has 2 aromatic rings. The Bertz CT molecular complexity index is 1050. The lowest BCUT2D eigenvalue weighted by Gasteiger charge is -2.32. The summed E-state index contributed by atoms with van der Waals surface area (Å²) in [5.74, 6) is 0.475. The number of nitrogens with one attached hydrogen (secondary N) is 2. The molecule has 4 N–H and O–H groups in total. The summed E-state index contributed by atoms with van der Waals surface area (Å²) in [4.78, 5) is 2.02. The monoisotopic (exact) mass is 456 g/mol. The van der Waals surface area contributed by atoms with Crippen molar-refractivity contribution in [1.82, 2.24) is 14.7 Å². The number of thioether (sulfide) groups is 1. The third-order valence-electron chi connectivity index (χ3n) is 5.37. The molecule has 0 unspecified atom stereocenters. The van der Waals surface area contributed by atoms with Crippen LogP contribution in [0.15, 0.2) is 18.2 Å². The van der Waals surface area contributed by atoms with Gasteiger partial charge in [-0.05, 0) is 50.7 Å². The third-order valence-corrected chi connectivity index (χ3v) is 6.18. The van der Waals surface area contributed by atoms with E-state index in [1.54, 1.807) is 18.2 Å². The fourth-order valence-electron chi connectivity index (χ4n) is 3.64. The summed E-state index contributed by atoms with van der Waals surface area (Å²) >= 11 is 0.962.